The smallest absolute Gasteiger partial charge is 0.416 e. The maximum atomic E-state index is 11.7. The highest BCUT2D eigenvalue weighted by atomic mass is 35.5. The van der Waals surface area contributed by atoms with Crippen LogP contribution in [0, 0.1) is 0 Å². The van der Waals surface area contributed by atoms with Gasteiger partial charge in [-0.1, -0.05) is 0 Å². The number of halogens is 1. The van der Waals surface area contributed by atoms with Gasteiger partial charge in [0.15, 0.2) is 0 Å². The number of rotatable bonds is 1. The highest BCUT2D eigenvalue weighted by Crippen LogP contribution is 2.33. The van der Waals surface area contributed by atoms with E-state index in [1.165, 1.54) is 11.1 Å². The van der Waals surface area contributed by atoms with Crippen molar-refractivity contribution in [3.05, 3.63) is 17.5 Å². The predicted molar refractivity (Wildman–Crippen MR) is 59.5 cm³/mol. The third kappa shape index (κ3) is 1.61. The van der Waals surface area contributed by atoms with E-state index in [2.05, 4.69) is 9.97 Å². The topological polar surface area (TPSA) is 55.3 Å². The number of cyclic esters (lactones) is 1. The van der Waals surface area contributed by atoms with E-state index in [0.29, 0.717) is 5.82 Å². The zero-order chi connectivity index (χ0) is 11.9. The summed E-state index contributed by atoms with van der Waals surface area (Å²) in [6.07, 6.45) is 0.901. The first kappa shape index (κ1) is 11.1. The van der Waals surface area contributed by atoms with Crippen molar-refractivity contribution in [2.24, 2.45) is 0 Å². The summed E-state index contributed by atoms with van der Waals surface area (Å²) in [5.74, 6) is 0.458. The van der Waals surface area contributed by atoms with Crippen LogP contribution in [0.4, 0.5) is 10.6 Å². The molecule has 2 rings (SSSR count). The van der Waals surface area contributed by atoms with Crippen molar-refractivity contribution < 1.29 is 9.53 Å². The molecule has 1 aromatic rings. The molecular formula is C10H12ClN3O2. The summed E-state index contributed by atoms with van der Waals surface area (Å²) >= 11 is 5.70. The van der Waals surface area contributed by atoms with Crippen molar-refractivity contribution in [1.82, 2.24) is 9.97 Å². The van der Waals surface area contributed by atoms with Crippen molar-refractivity contribution in [3.8, 4) is 0 Å². The normalized spacial score (nSPS) is 23.4. The predicted octanol–water partition coefficient (Wildman–Crippen LogP) is 2.25. The average Bonchev–Trinajstić information content (AvgIpc) is 2.36. The monoisotopic (exact) mass is 241 g/mol. The number of aromatic nitrogens is 2. The summed E-state index contributed by atoms with van der Waals surface area (Å²) < 4.78 is 5.17. The summed E-state index contributed by atoms with van der Waals surface area (Å²) in [5, 5.41) is 0.112. The Bertz CT molecular complexity index is 436. The highest BCUT2D eigenvalue weighted by Gasteiger charge is 2.47. The van der Waals surface area contributed by atoms with Gasteiger partial charge in [-0.15, -0.1) is 0 Å². The Labute approximate surface area is 98.4 Å². The van der Waals surface area contributed by atoms with Gasteiger partial charge in [-0.2, -0.15) is 0 Å². The van der Waals surface area contributed by atoms with Crippen LogP contribution in [-0.2, 0) is 4.74 Å². The number of hydrogen-bond acceptors (Lipinski definition) is 4. The van der Waals surface area contributed by atoms with E-state index in [9.17, 15) is 4.79 Å². The fraction of sp³-hybridized carbons (Fsp3) is 0.500. The molecule has 2 heterocycles. The van der Waals surface area contributed by atoms with Gasteiger partial charge in [-0.3, -0.25) is 4.90 Å². The van der Waals surface area contributed by atoms with E-state index in [-0.39, 0.29) is 11.4 Å². The first-order valence-corrected chi connectivity index (χ1v) is 5.30. The molecule has 86 valence electrons. The molecule has 1 aliphatic rings. The van der Waals surface area contributed by atoms with Crippen LogP contribution in [0.5, 0.6) is 0 Å². The Morgan fingerprint density at radius 2 is 2.25 bits per heavy atom. The maximum absolute atomic E-state index is 11.7. The van der Waals surface area contributed by atoms with E-state index >= 15 is 0 Å². The molecule has 1 aromatic heterocycles. The van der Waals surface area contributed by atoms with Gasteiger partial charge >= 0.3 is 6.09 Å². The molecule has 1 saturated heterocycles. The second-order valence-corrected chi connectivity index (χ2v) is 4.54. The number of anilines is 1. The minimum Gasteiger partial charge on any atom is -0.444 e. The van der Waals surface area contributed by atoms with Gasteiger partial charge < -0.3 is 4.74 Å². The summed E-state index contributed by atoms with van der Waals surface area (Å²) in [5.41, 5.74) is -0.450. The third-order valence-electron chi connectivity index (χ3n) is 2.87. The number of ether oxygens (including phenoxy) is 1. The second kappa shape index (κ2) is 3.59. The molecule has 1 atom stereocenters. The van der Waals surface area contributed by atoms with Crippen molar-refractivity contribution in [1.29, 1.82) is 0 Å². The van der Waals surface area contributed by atoms with Crippen LogP contribution in [0.2, 0.25) is 5.28 Å². The zero-order valence-electron chi connectivity index (χ0n) is 9.27. The number of carbonyl (C=O) groups is 1. The van der Waals surface area contributed by atoms with Crippen LogP contribution in [0.25, 0.3) is 0 Å². The summed E-state index contributed by atoms with van der Waals surface area (Å²) in [7, 11) is 0. The molecule has 1 amide bonds. The SMILES string of the molecule is CC1OC(=O)N(c2ccnc(Cl)n2)C1(C)C. The van der Waals surface area contributed by atoms with Crippen LogP contribution in [-0.4, -0.2) is 27.7 Å². The molecule has 1 aliphatic heterocycles. The summed E-state index contributed by atoms with van der Waals surface area (Å²) in [4.78, 5) is 21.0. The number of hydrogen-bond donors (Lipinski definition) is 0. The van der Waals surface area contributed by atoms with Crippen LogP contribution in [0.15, 0.2) is 12.3 Å². The van der Waals surface area contributed by atoms with Crippen molar-refractivity contribution >= 4 is 23.5 Å². The van der Waals surface area contributed by atoms with Crippen LogP contribution in [0.3, 0.4) is 0 Å². The fourth-order valence-electron chi connectivity index (χ4n) is 1.60. The van der Waals surface area contributed by atoms with E-state index in [1.807, 2.05) is 20.8 Å². The Morgan fingerprint density at radius 1 is 1.56 bits per heavy atom. The van der Waals surface area contributed by atoms with E-state index in [1.54, 1.807) is 6.07 Å². The molecule has 0 aliphatic carbocycles. The van der Waals surface area contributed by atoms with Gasteiger partial charge in [0.05, 0.1) is 5.54 Å². The lowest BCUT2D eigenvalue weighted by atomic mass is 9.98. The second-order valence-electron chi connectivity index (χ2n) is 4.20. The largest absolute Gasteiger partial charge is 0.444 e. The lowest BCUT2D eigenvalue weighted by molar-refractivity contribution is 0.129. The van der Waals surface area contributed by atoms with E-state index in [4.69, 9.17) is 16.3 Å². The standard InChI is InChI=1S/C10H12ClN3O2/c1-6-10(2,3)14(9(15)16-6)7-4-5-12-8(11)13-7/h4-6H,1-3H3. The fourth-order valence-corrected chi connectivity index (χ4v) is 1.75. The molecule has 0 bridgehead atoms. The minimum atomic E-state index is -0.450. The summed E-state index contributed by atoms with van der Waals surface area (Å²) in [6.45, 7) is 5.68. The molecule has 0 aromatic carbocycles. The number of carbonyl (C=O) groups excluding carboxylic acids is 1. The lowest BCUT2D eigenvalue weighted by Crippen LogP contribution is -2.45. The quantitative estimate of drug-likeness (QED) is 0.708. The lowest BCUT2D eigenvalue weighted by Gasteiger charge is -2.29. The van der Waals surface area contributed by atoms with Crippen molar-refractivity contribution in [2.75, 3.05) is 4.90 Å². The van der Waals surface area contributed by atoms with E-state index in [0.717, 1.165) is 0 Å². The molecule has 0 saturated carbocycles. The average molecular weight is 242 g/mol. The molecule has 5 nitrogen and oxygen atoms in total. The third-order valence-corrected chi connectivity index (χ3v) is 3.05. The zero-order valence-corrected chi connectivity index (χ0v) is 10.0. The molecule has 0 N–H and O–H groups in total. The highest BCUT2D eigenvalue weighted by molar-refractivity contribution is 6.28. The molecule has 0 spiro atoms. The molecule has 1 fully saturated rings. The number of nitrogens with zero attached hydrogens (tertiary/aromatic N) is 3. The Balaban J connectivity index is 2.44. The molecule has 1 unspecified atom stereocenters. The first-order chi connectivity index (χ1) is 7.43. The van der Waals surface area contributed by atoms with E-state index < -0.39 is 11.6 Å². The van der Waals surface area contributed by atoms with Gasteiger partial charge in [0.2, 0.25) is 5.28 Å². The Hall–Kier alpha value is -1.36. The van der Waals surface area contributed by atoms with Crippen LogP contribution >= 0.6 is 11.6 Å². The van der Waals surface area contributed by atoms with Crippen LogP contribution in [0.1, 0.15) is 20.8 Å². The minimum absolute atomic E-state index is 0.112. The van der Waals surface area contributed by atoms with Gasteiger partial charge in [-0.25, -0.2) is 14.8 Å². The molecule has 6 heteroatoms. The van der Waals surface area contributed by atoms with Crippen LogP contribution < -0.4 is 4.90 Å². The number of amides is 1. The first-order valence-electron chi connectivity index (χ1n) is 4.92. The van der Waals surface area contributed by atoms with Crippen molar-refractivity contribution in [2.45, 2.75) is 32.4 Å². The molecule has 0 radical (unpaired) electrons. The Kier molecular flexibility index (Phi) is 2.50. The van der Waals surface area contributed by atoms with Crippen molar-refractivity contribution in [3.63, 3.8) is 0 Å². The van der Waals surface area contributed by atoms with Gasteiger partial charge in [0.1, 0.15) is 11.9 Å². The molecular weight excluding hydrogens is 230 g/mol. The van der Waals surface area contributed by atoms with Gasteiger partial charge in [0, 0.05) is 6.20 Å². The van der Waals surface area contributed by atoms with Gasteiger partial charge in [0.25, 0.3) is 0 Å². The summed E-state index contributed by atoms with van der Waals surface area (Å²) in [6, 6.07) is 1.63. The molecule has 16 heavy (non-hydrogen) atoms. The Morgan fingerprint density at radius 3 is 2.75 bits per heavy atom. The maximum Gasteiger partial charge on any atom is 0.416 e. The van der Waals surface area contributed by atoms with Gasteiger partial charge in [-0.05, 0) is 38.4 Å².